The van der Waals surface area contributed by atoms with Gasteiger partial charge in [-0.1, -0.05) is 11.6 Å². The van der Waals surface area contributed by atoms with Crippen LogP contribution < -0.4 is 0 Å². The van der Waals surface area contributed by atoms with Crippen LogP contribution in [0.2, 0.25) is 5.02 Å². The Kier molecular flexibility index (Phi) is 3.26. The van der Waals surface area contributed by atoms with Gasteiger partial charge in [0, 0.05) is 0 Å². The van der Waals surface area contributed by atoms with Crippen LogP contribution in [0.5, 0.6) is 0 Å². The van der Waals surface area contributed by atoms with E-state index in [0.717, 1.165) is 12.1 Å². The van der Waals surface area contributed by atoms with E-state index in [2.05, 4.69) is 0 Å². The van der Waals surface area contributed by atoms with Gasteiger partial charge in [0.15, 0.2) is 11.6 Å². The van der Waals surface area contributed by atoms with E-state index in [1.165, 1.54) is 0 Å². The maximum atomic E-state index is 12.8. The van der Waals surface area contributed by atoms with Gasteiger partial charge in [-0.25, -0.2) is 8.78 Å². The van der Waals surface area contributed by atoms with Crippen LogP contribution in [0, 0.1) is 11.6 Å². The number of alkyl halides is 3. The summed E-state index contributed by atoms with van der Waals surface area (Å²) in [5.41, 5.74) is -4.65. The average molecular weight is 249 g/mol. The van der Waals surface area contributed by atoms with Gasteiger partial charge in [0.1, 0.15) is 0 Å². The van der Waals surface area contributed by atoms with Crippen LogP contribution in [-0.4, -0.2) is 5.51 Å². The van der Waals surface area contributed by atoms with Crippen LogP contribution in [0.4, 0.5) is 22.0 Å². The zero-order chi connectivity index (χ0) is 10.9. The van der Waals surface area contributed by atoms with Crippen LogP contribution in [0.1, 0.15) is 0 Å². The fourth-order valence-electron chi connectivity index (χ4n) is 0.712. The molecule has 0 saturated carbocycles. The van der Waals surface area contributed by atoms with Gasteiger partial charge in [-0.05, 0) is 23.9 Å². The lowest BCUT2D eigenvalue weighted by Gasteiger charge is -2.07. The van der Waals surface area contributed by atoms with Crippen molar-refractivity contribution >= 4 is 23.4 Å². The summed E-state index contributed by atoms with van der Waals surface area (Å²) in [6, 6.07) is 1.65. The third-order valence-corrected chi connectivity index (χ3v) is 2.28. The van der Waals surface area contributed by atoms with Crippen LogP contribution in [-0.2, 0) is 0 Å². The minimum absolute atomic E-state index is 0.547. The molecule has 1 rings (SSSR count). The molecule has 0 amide bonds. The SMILES string of the molecule is Fc1c(Cl)ccc(SC(F)(F)F)c1F. The first-order valence-corrected chi connectivity index (χ1v) is 4.40. The molecule has 78 valence electrons. The van der Waals surface area contributed by atoms with E-state index in [1.807, 2.05) is 0 Å². The molecule has 0 heterocycles. The fraction of sp³-hybridized carbons (Fsp3) is 0.143. The van der Waals surface area contributed by atoms with Crippen LogP contribution in [0.3, 0.4) is 0 Å². The molecule has 0 unspecified atom stereocenters. The second kappa shape index (κ2) is 3.94. The minimum atomic E-state index is -4.65. The molecule has 0 atom stereocenters. The van der Waals surface area contributed by atoms with E-state index in [0.29, 0.717) is 0 Å². The normalized spacial score (nSPS) is 11.9. The molecule has 1 aromatic carbocycles. The van der Waals surface area contributed by atoms with Crippen molar-refractivity contribution in [3.63, 3.8) is 0 Å². The number of hydrogen-bond acceptors (Lipinski definition) is 1. The maximum absolute atomic E-state index is 12.8. The molecule has 0 aromatic heterocycles. The van der Waals surface area contributed by atoms with Crippen molar-refractivity contribution < 1.29 is 22.0 Å². The molecular formula is C7H2ClF5S. The van der Waals surface area contributed by atoms with Crippen molar-refractivity contribution in [2.45, 2.75) is 10.4 Å². The Morgan fingerprint density at radius 2 is 1.64 bits per heavy atom. The lowest BCUT2D eigenvalue weighted by molar-refractivity contribution is -0.0329. The highest BCUT2D eigenvalue weighted by Gasteiger charge is 2.31. The quantitative estimate of drug-likeness (QED) is 0.407. The number of hydrogen-bond donors (Lipinski definition) is 0. The van der Waals surface area contributed by atoms with E-state index in [1.54, 1.807) is 0 Å². The fourth-order valence-corrected chi connectivity index (χ4v) is 1.42. The van der Waals surface area contributed by atoms with Crippen LogP contribution >= 0.6 is 23.4 Å². The van der Waals surface area contributed by atoms with E-state index in [-0.39, 0.29) is 0 Å². The van der Waals surface area contributed by atoms with Gasteiger partial charge in [-0.15, -0.1) is 0 Å². The summed E-state index contributed by atoms with van der Waals surface area (Å²) in [5, 5.41) is -0.547. The first kappa shape index (κ1) is 11.6. The summed E-state index contributed by atoms with van der Waals surface area (Å²) in [5.74, 6) is -3.05. The van der Waals surface area contributed by atoms with Crippen molar-refractivity contribution in [2.75, 3.05) is 0 Å². The van der Waals surface area contributed by atoms with Gasteiger partial charge >= 0.3 is 5.51 Å². The second-order valence-electron chi connectivity index (χ2n) is 2.22. The predicted molar refractivity (Wildman–Crippen MR) is 43.3 cm³/mol. The smallest absolute Gasteiger partial charge is 0.202 e. The first-order chi connectivity index (χ1) is 6.31. The zero-order valence-electron chi connectivity index (χ0n) is 6.33. The Hall–Kier alpha value is -0.490. The van der Waals surface area contributed by atoms with E-state index in [4.69, 9.17) is 11.6 Å². The van der Waals surface area contributed by atoms with E-state index in [9.17, 15) is 22.0 Å². The second-order valence-corrected chi connectivity index (χ2v) is 3.74. The Balaban J connectivity index is 3.06. The van der Waals surface area contributed by atoms with Gasteiger partial charge in [-0.2, -0.15) is 13.2 Å². The lowest BCUT2D eigenvalue weighted by atomic mass is 10.3. The molecule has 0 spiro atoms. The number of rotatable bonds is 1. The van der Waals surface area contributed by atoms with Crippen LogP contribution in [0.25, 0.3) is 0 Å². The average Bonchev–Trinajstić information content (AvgIpc) is 2.04. The summed E-state index contributed by atoms with van der Waals surface area (Å²) in [6.45, 7) is 0. The van der Waals surface area contributed by atoms with Crippen LogP contribution in [0.15, 0.2) is 17.0 Å². The molecule has 0 bridgehead atoms. The summed E-state index contributed by atoms with van der Waals surface area (Å²) in [6.07, 6.45) is 0. The highest BCUT2D eigenvalue weighted by molar-refractivity contribution is 8.00. The third-order valence-electron chi connectivity index (χ3n) is 1.23. The Morgan fingerprint density at radius 1 is 1.07 bits per heavy atom. The standard InChI is InChI=1S/C7H2ClF5S/c8-3-1-2-4(6(10)5(3)9)14-7(11,12)13/h1-2H. The molecule has 0 saturated heterocycles. The van der Waals surface area contributed by atoms with Gasteiger partial charge in [0.25, 0.3) is 0 Å². The summed E-state index contributed by atoms with van der Waals surface area (Å²) in [7, 11) is 0. The van der Waals surface area contributed by atoms with Crippen molar-refractivity contribution in [3.8, 4) is 0 Å². The topological polar surface area (TPSA) is 0 Å². The molecule has 0 nitrogen and oxygen atoms in total. The first-order valence-electron chi connectivity index (χ1n) is 3.20. The van der Waals surface area contributed by atoms with E-state index >= 15 is 0 Å². The monoisotopic (exact) mass is 248 g/mol. The highest BCUT2D eigenvalue weighted by atomic mass is 35.5. The predicted octanol–water partition coefficient (Wildman–Crippen LogP) is 4.23. The zero-order valence-corrected chi connectivity index (χ0v) is 7.90. The summed E-state index contributed by atoms with van der Waals surface area (Å²) in [4.78, 5) is -0.834. The molecule has 7 heteroatoms. The molecule has 0 aliphatic heterocycles. The van der Waals surface area contributed by atoms with Crippen molar-refractivity contribution in [1.29, 1.82) is 0 Å². The Labute approximate surface area is 85.1 Å². The maximum Gasteiger partial charge on any atom is 0.446 e. The van der Waals surface area contributed by atoms with Crippen molar-refractivity contribution in [2.24, 2.45) is 0 Å². The van der Waals surface area contributed by atoms with Crippen molar-refractivity contribution in [1.82, 2.24) is 0 Å². The Bertz CT molecular complexity index is 349. The van der Waals surface area contributed by atoms with E-state index < -0.39 is 38.8 Å². The highest BCUT2D eigenvalue weighted by Crippen LogP contribution is 2.39. The van der Waals surface area contributed by atoms with Crippen molar-refractivity contribution in [3.05, 3.63) is 28.8 Å². The lowest BCUT2D eigenvalue weighted by Crippen LogP contribution is -2.01. The van der Waals surface area contributed by atoms with Gasteiger partial charge in [-0.3, -0.25) is 0 Å². The van der Waals surface area contributed by atoms with Gasteiger partial charge in [0.05, 0.1) is 9.92 Å². The number of thioether (sulfide) groups is 1. The summed E-state index contributed by atoms with van der Waals surface area (Å²) < 4.78 is 60.9. The third kappa shape index (κ3) is 2.75. The molecule has 0 aliphatic carbocycles. The Morgan fingerprint density at radius 3 is 2.14 bits per heavy atom. The molecule has 14 heavy (non-hydrogen) atoms. The number of halogens is 6. The molecule has 0 N–H and O–H groups in total. The molecule has 0 aliphatic rings. The summed E-state index contributed by atoms with van der Waals surface area (Å²) >= 11 is 4.43. The number of benzene rings is 1. The van der Waals surface area contributed by atoms with Gasteiger partial charge in [0.2, 0.25) is 0 Å². The minimum Gasteiger partial charge on any atom is -0.202 e. The largest absolute Gasteiger partial charge is 0.446 e. The molecule has 0 fully saturated rings. The molecular weight excluding hydrogens is 247 g/mol. The van der Waals surface area contributed by atoms with Gasteiger partial charge < -0.3 is 0 Å². The molecule has 0 radical (unpaired) electrons. The molecule has 1 aromatic rings.